The number of methoxy groups -OCH3 is 1. The summed E-state index contributed by atoms with van der Waals surface area (Å²) in [6.45, 7) is 3.89. The Morgan fingerprint density at radius 3 is 2.50 bits per heavy atom. The molecule has 4 nitrogen and oxygen atoms in total. The predicted molar refractivity (Wildman–Crippen MR) is 72.3 cm³/mol. The summed E-state index contributed by atoms with van der Waals surface area (Å²) in [7, 11) is 1.47. The molecule has 0 aromatic heterocycles. The molecular formula is C13H18BNO3. The first kappa shape index (κ1) is 14.4. The molecule has 0 unspecified atom stereocenters. The minimum atomic E-state index is -0.560. The van der Waals surface area contributed by atoms with Gasteiger partial charge in [-0.1, -0.05) is 44.2 Å². The molecule has 0 heterocycles. The minimum Gasteiger partial charge on any atom is -0.468 e. The predicted octanol–water partition coefficient (Wildman–Crippen LogP) is 0.637. The summed E-state index contributed by atoms with van der Waals surface area (Å²) in [6, 6.07) is 9.12. The van der Waals surface area contributed by atoms with E-state index in [-0.39, 0.29) is 13.4 Å². The molecule has 1 rings (SSSR count). The van der Waals surface area contributed by atoms with Crippen molar-refractivity contribution in [2.45, 2.75) is 25.3 Å². The van der Waals surface area contributed by atoms with Crippen LogP contribution in [0.25, 0.3) is 0 Å². The van der Waals surface area contributed by atoms with Crippen LogP contribution < -0.4 is 5.23 Å². The Kier molecular flexibility index (Phi) is 5.10. The number of rotatable bonds is 6. The Hall–Kier alpha value is -1.62. The van der Waals surface area contributed by atoms with E-state index in [2.05, 4.69) is 5.23 Å². The van der Waals surface area contributed by atoms with E-state index in [1.165, 1.54) is 7.11 Å². The summed E-state index contributed by atoms with van der Waals surface area (Å²) in [5, 5.41) is 2.92. The first-order valence-electron chi connectivity index (χ1n) is 5.84. The number of carbonyl (C=O) groups is 2. The lowest BCUT2D eigenvalue weighted by molar-refractivity contribution is -0.144. The molecule has 1 aromatic rings. The van der Waals surface area contributed by atoms with Gasteiger partial charge in [0.1, 0.15) is 6.04 Å². The van der Waals surface area contributed by atoms with Crippen LogP contribution in [-0.4, -0.2) is 32.7 Å². The molecule has 0 aliphatic rings. The van der Waals surface area contributed by atoms with Crippen LogP contribution in [0.15, 0.2) is 30.3 Å². The standard InChI is InChI=1S/C13H18BNO3/c1-13(2,10-7-5-4-6-8-10)11(12(17)18-3)15-14-9-16/h4-9,11,14-15H,1-3H3/t11-/m1/s1. The van der Waals surface area contributed by atoms with Crippen LogP contribution in [0, 0.1) is 0 Å². The molecule has 0 fully saturated rings. The van der Waals surface area contributed by atoms with Gasteiger partial charge in [0, 0.05) is 5.41 Å². The molecule has 0 aliphatic heterocycles. The number of ether oxygens (including phenoxy) is 1. The van der Waals surface area contributed by atoms with Crippen molar-refractivity contribution in [1.29, 1.82) is 0 Å². The molecule has 0 saturated carbocycles. The molecule has 0 spiro atoms. The number of esters is 1. The average molecular weight is 247 g/mol. The zero-order valence-corrected chi connectivity index (χ0v) is 11.0. The maximum Gasteiger partial charge on any atom is 0.322 e. The van der Waals surface area contributed by atoms with Gasteiger partial charge in [-0.05, 0) is 5.56 Å². The zero-order valence-electron chi connectivity index (χ0n) is 11.0. The summed E-state index contributed by atoms with van der Waals surface area (Å²) in [5.41, 5.74) is 0.552. The molecule has 0 bridgehead atoms. The van der Waals surface area contributed by atoms with Gasteiger partial charge in [-0.25, -0.2) is 0 Å². The Bertz CT molecular complexity index is 406. The van der Waals surface area contributed by atoms with Gasteiger partial charge in [-0.3, -0.25) is 4.79 Å². The summed E-state index contributed by atoms with van der Waals surface area (Å²) >= 11 is 0. The second-order valence-corrected chi connectivity index (χ2v) is 4.62. The fraction of sp³-hybridized carbons (Fsp3) is 0.385. The van der Waals surface area contributed by atoms with Crippen LogP contribution in [0.2, 0.25) is 0 Å². The number of nitrogens with one attached hydrogen (secondary N) is 1. The second-order valence-electron chi connectivity index (χ2n) is 4.62. The highest BCUT2D eigenvalue weighted by Crippen LogP contribution is 2.27. The summed E-state index contributed by atoms with van der Waals surface area (Å²) < 4.78 is 4.80. The van der Waals surface area contributed by atoms with E-state index < -0.39 is 11.5 Å². The second kappa shape index (κ2) is 6.35. The van der Waals surface area contributed by atoms with E-state index in [1.807, 2.05) is 44.2 Å². The van der Waals surface area contributed by atoms with Crippen LogP contribution in [0.5, 0.6) is 0 Å². The molecule has 1 N–H and O–H groups in total. The zero-order chi connectivity index (χ0) is 13.6. The maximum absolute atomic E-state index is 11.8. The largest absolute Gasteiger partial charge is 0.468 e. The lowest BCUT2D eigenvalue weighted by Gasteiger charge is -2.33. The van der Waals surface area contributed by atoms with Gasteiger partial charge in [-0.2, -0.15) is 0 Å². The van der Waals surface area contributed by atoms with Gasteiger partial charge < -0.3 is 14.8 Å². The van der Waals surface area contributed by atoms with Gasteiger partial charge >= 0.3 is 5.97 Å². The maximum atomic E-state index is 11.8. The van der Waals surface area contributed by atoms with E-state index >= 15 is 0 Å². The Morgan fingerprint density at radius 2 is 2.00 bits per heavy atom. The van der Waals surface area contributed by atoms with E-state index in [4.69, 9.17) is 4.74 Å². The fourth-order valence-electron chi connectivity index (χ4n) is 1.95. The molecule has 1 aromatic carbocycles. The minimum absolute atomic E-state index is 0.121. The van der Waals surface area contributed by atoms with Gasteiger partial charge in [-0.15, -0.1) is 0 Å². The number of hydrogen-bond acceptors (Lipinski definition) is 4. The third-order valence-corrected chi connectivity index (χ3v) is 3.08. The summed E-state index contributed by atoms with van der Waals surface area (Å²) in [4.78, 5) is 22.3. The van der Waals surface area contributed by atoms with Gasteiger partial charge in [0.2, 0.25) is 0 Å². The highest BCUT2D eigenvalue weighted by atomic mass is 16.5. The third-order valence-electron chi connectivity index (χ3n) is 3.08. The lowest BCUT2D eigenvalue weighted by Crippen LogP contribution is -2.52. The van der Waals surface area contributed by atoms with Crippen molar-refractivity contribution >= 4 is 19.6 Å². The van der Waals surface area contributed by atoms with Gasteiger partial charge in [0.25, 0.3) is 7.41 Å². The first-order chi connectivity index (χ1) is 8.54. The van der Waals surface area contributed by atoms with Crippen molar-refractivity contribution < 1.29 is 14.3 Å². The molecule has 5 heteroatoms. The van der Waals surface area contributed by atoms with Crippen molar-refractivity contribution in [3.05, 3.63) is 35.9 Å². The lowest BCUT2D eigenvalue weighted by atomic mass is 9.75. The molecule has 1 atom stereocenters. The summed E-state index contributed by atoms with van der Waals surface area (Å²) in [6.07, 6.45) is 0.733. The van der Waals surface area contributed by atoms with Crippen LogP contribution in [0.1, 0.15) is 19.4 Å². The highest BCUT2D eigenvalue weighted by molar-refractivity contribution is 6.64. The highest BCUT2D eigenvalue weighted by Gasteiger charge is 2.36. The van der Waals surface area contributed by atoms with Gasteiger partial charge in [0.05, 0.1) is 13.3 Å². The van der Waals surface area contributed by atoms with Gasteiger partial charge in [0.15, 0.2) is 0 Å². The molecule has 96 valence electrons. The van der Waals surface area contributed by atoms with Crippen LogP contribution in [0.4, 0.5) is 0 Å². The fourth-order valence-corrected chi connectivity index (χ4v) is 1.95. The van der Waals surface area contributed by atoms with Crippen molar-refractivity contribution in [2.75, 3.05) is 7.11 Å². The van der Waals surface area contributed by atoms with Crippen molar-refractivity contribution in [3.63, 3.8) is 0 Å². The number of hydrogen-bond donors (Lipinski definition) is 1. The van der Waals surface area contributed by atoms with Crippen LogP contribution >= 0.6 is 0 Å². The Morgan fingerprint density at radius 1 is 1.39 bits per heavy atom. The van der Waals surface area contributed by atoms with E-state index in [0.29, 0.717) is 0 Å². The third kappa shape index (κ3) is 3.20. The summed E-state index contributed by atoms with van der Waals surface area (Å²) in [5.74, 6) is -0.370. The number of carbonyl (C=O) groups excluding carboxylic acids is 2. The molecule has 0 aliphatic carbocycles. The monoisotopic (exact) mass is 247 g/mol. The average Bonchev–Trinajstić information content (AvgIpc) is 2.39. The van der Waals surface area contributed by atoms with E-state index in [9.17, 15) is 9.59 Å². The van der Waals surface area contributed by atoms with Crippen molar-refractivity contribution in [3.8, 4) is 0 Å². The van der Waals surface area contributed by atoms with Crippen LogP contribution in [-0.2, 0) is 19.7 Å². The van der Waals surface area contributed by atoms with E-state index in [1.54, 1.807) is 0 Å². The van der Waals surface area contributed by atoms with Crippen molar-refractivity contribution in [1.82, 2.24) is 5.23 Å². The molecule has 0 radical (unpaired) electrons. The smallest absolute Gasteiger partial charge is 0.322 e. The Balaban J connectivity index is 3.02. The first-order valence-corrected chi connectivity index (χ1v) is 5.84. The normalized spacial score (nSPS) is 12.6. The van der Waals surface area contributed by atoms with Crippen molar-refractivity contribution in [2.24, 2.45) is 0 Å². The number of benzene rings is 1. The van der Waals surface area contributed by atoms with Crippen LogP contribution in [0.3, 0.4) is 0 Å². The SMILES string of the molecule is COC(=O)[C@@H](NBC=O)C(C)(C)c1ccccc1. The molecule has 0 saturated heterocycles. The molecule has 0 amide bonds. The molecular weight excluding hydrogens is 229 g/mol. The Labute approximate surface area is 108 Å². The molecule has 18 heavy (non-hydrogen) atoms. The van der Waals surface area contributed by atoms with E-state index in [0.717, 1.165) is 11.7 Å². The quantitative estimate of drug-likeness (QED) is 0.455. The topological polar surface area (TPSA) is 55.4 Å².